The molecule has 9 heteroatoms. The second-order valence-corrected chi connectivity index (χ2v) is 5.55. The fourth-order valence-corrected chi connectivity index (χ4v) is 2.44. The van der Waals surface area contributed by atoms with Crippen molar-refractivity contribution in [3.05, 3.63) is 58.3 Å². The molecule has 2 rings (SSSR count). The van der Waals surface area contributed by atoms with Crippen LogP contribution in [0.2, 0.25) is 0 Å². The number of thiophene rings is 1. The predicted octanol–water partition coefficient (Wildman–Crippen LogP) is 5.35. The molecular formula is C15H9F6NOS. The van der Waals surface area contributed by atoms with Gasteiger partial charge in [-0.25, -0.2) is 0 Å². The molecule has 1 N–H and O–H groups in total. The van der Waals surface area contributed by atoms with E-state index in [1.54, 1.807) is 11.4 Å². The Bertz CT molecular complexity index is 746. The van der Waals surface area contributed by atoms with E-state index in [4.69, 9.17) is 0 Å². The summed E-state index contributed by atoms with van der Waals surface area (Å²) < 4.78 is 75.4. The van der Waals surface area contributed by atoms with E-state index in [2.05, 4.69) is 5.32 Å². The summed E-state index contributed by atoms with van der Waals surface area (Å²) in [4.78, 5) is 11.5. The van der Waals surface area contributed by atoms with Gasteiger partial charge < -0.3 is 5.32 Å². The number of ketones is 1. The fourth-order valence-electron chi connectivity index (χ4n) is 1.74. The topological polar surface area (TPSA) is 29.1 Å². The minimum absolute atomic E-state index is 0.0838. The van der Waals surface area contributed by atoms with E-state index in [9.17, 15) is 31.1 Å². The highest BCUT2D eigenvalue weighted by molar-refractivity contribution is 7.11. The molecule has 0 aliphatic rings. The van der Waals surface area contributed by atoms with Crippen molar-refractivity contribution in [2.24, 2.45) is 0 Å². The van der Waals surface area contributed by atoms with Crippen LogP contribution in [0.25, 0.3) is 5.70 Å². The van der Waals surface area contributed by atoms with Crippen LogP contribution in [0.15, 0.2) is 47.9 Å². The van der Waals surface area contributed by atoms with Crippen LogP contribution >= 0.6 is 11.3 Å². The van der Waals surface area contributed by atoms with Crippen molar-refractivity contribution in [2.75, 3.05) is 5.32 Å². The highest BCUT2D eigenvalue weighted by atomic mass is 32.1. The molecule has 24 heavy (non-hydrogen) atoms. The lowest BCUT2D eigenvalue weighted by atomic mass is 10.2. The minimum atomic E-state index is -5.07. The first-order valence-electron chi connectivity index (χ1n) is 6.38. The van der Waals surface area contributed by atoms with Gasteiger partial charge >= 0.3 is 12.4 Å². The molecule has 0 aliphatic heterocycles. The number of nitrogens with one attached hydrogen (secondary N) is 1. The Balaban J connectivity index is 2.37. The molecule has 0 bridgehead atoms. The summed E-state index contributed by atoms with van der Waals surface area (Å²) in [6, 6.07) is 6.94. The van der Waals surface area contributed by atoms with Crippen LogP contribution in [0, 0.1) is 0 Å². The number of alkyl halides is 6. The Morgan fingerprint density at radius 2 is 1.75 bits per heavy atom. The maximum atomic E-state index is 12.7. The van der Waals surface area contributed by atoms with Crippen molar-refractivity contribution in [1.29, 1.82) is 0 Å². The van der Waals surface area contributed by atoms with Crippen LogP contribution in [0.1, 0.15) is 10.4 Å². The first-order chi connectivity index (χ1) is 11.1. The first-order valence-corrected chi connectivity index (χ1v) is 7.26. The van der Waals surface area contributed by atoms with E-state index >= 15 is 0 Å². The first kappa shape index (κ1) is 18.1. The Morgan fingerprint density at radius 1 is 1.04 bits per heavy atom. The highest BCUT2D eigenvalue weighted by Crippen LogP contribution is 2.32. The summed E-state index contributed by atoms with van der Waals surface area (Å²) in [6.07, 6.45) is -9.34. The van der Waals surface area contributed by atoms with Crippen molar-refractivity contribution in [3.8, 4) is 0 Å². The van der Waals surface area contributed by atoms with E-state index in [1.807, 2.05) is 0 Å². The Kier molecular flexibility index (Phi) is 5.02. The zero-order chi connectivity index (χ0) is 18.0. The van der Waals surface area contributed by atoms with Gasteiger partial charge in [-0.3, -0.25) is 4.79 Å². The molecule has 0 spiro atoms. The van der Waals surface area contributed by atoms with Crippen LogP contribution in [-0.2, 0) is 11.0 Å². The number of rotatable bonds is 4. The van der Waals surface area contributed by atoms with Gasteiger partial charge in [0.25, 0.3) is 5.78 Å². The van der Waals surface area contributed by atoms with Crippen molar-refractivity contribution in [2.45, 2.75) is 12.4 Å². The number of hydrogen-bond acceptors (Lipinski definition) is 3. The van der Waals surface area contributed by atoms with Crippen LogP contribution in [0.5, 0.6) is 0 Å². The molecule has 0 fully saturated rings. The molecule has 0 radical (unpaired) electrons. The average Bonchev–Trinajstić information content (AvgIpc) is 2.99. The molecule has 0 amide bonds. The zero-order valence-electron chi connectivity index (χ0n) is 11.7. The molecule has 1 heterocycles. The third-order valence-electron chi connectivity index (χ3n) is 2.81. The van der Waals surface area contributed by atoms with Crippen molar-refractivity contribution >= 4 is 28.5 Å². The number of allylic oxidation sites excluding steroid dienone is 1. The van der Waals surface area contributed by atoms with E-state index < -0.39 is 23.7 Å². The van der Waals surface area contributed by atoms with Gasteiger partial charge in [-0.05, 0) is 29.6 Å². The largest absolute Gasteiger partial charge is 0.454 e. The van der Waals surface area contributed by atoms with E-state index in [1.165, 1.54) is 12.1 Å². The van der Waals surface area contributed by atoms with E-state index in [-0.39, 0.29) is 16.3 Å². The van der Waals surface area contributed by atoms with Gasteiger partial charge in [0, 0.05) is 11.8 Å². The monoisotopic (exact) mass is 365 g/mol. The van der Waals surface area contributed by atoms with Crippen LogP contribution in [-0.4, -0.2) is 12.0 Å². The van der Waals surface area contributed by atoms with Crippen LogP contribution in [0.3, 0.4) is 0 Å². The van der Waals surface area contributed by atoms with E-state index in [0.717, 1.165) is 29.5 Å². The van der Waals surface area contributed by atoms with E-state index in [0.29, 0.717) is 6.08 Å². The number of halogens is 6. The predicted molar refractivity (Wildman–Crippen MR) is 78.4 cm³/mol. The van der Waals surface area contributed by atoms with Gasteiger partial charge in [-0.15, -0.1) is 11.3 Å². The molecule has 0 saturated carbocycles. The summed E-state index contributed by atoms with van der Waals surface area (Å²) >= 11 is 1.04. The molecule has 128 valence electrons. The summed E-state index contributed by atoms with van der Waals surface area (Å²) in [5.41, 5.74) is -1.27. The number of hydrogen-bond donors (Lipinski definition) is 1. The molecule has 0 saturated heterocycles. The van der Waals surface area contributed by atoms with Gasteiger partial charge in [0.05, 0.1) is 16.1 Å². The Morgan fingerprint density at radius 3 is 2.29 bits per heavy atom. The quantitative estimate of drug-likeness (QED) is 0.584. The lowest BCUT2D eigenvalue weighted by molar-refractivity contribution is -0.165. The number of carbonyl (C=O) groups is 1. The third-order valence-corrected chi connectivity index (χ3v) is 3.71. The summed E-state index contributed by atoms with van der Waals surface area (Å²) in [7, 11) is 0. The number of anilines is 1. The molecule has 0 aliphatic carbocycles. The van der Waals surface area contributed by atoms with Crippen LogP contribution in [0.4, 0.5) is 32.0 Å². The van der Waals surface area contributed by atoms with Crippen molar-refractivity contribution in [1.82, 2.24) is 0 Å². The number of carbonyl (C=O) groups excluding carboxylic acids is 1. The zero-order valence-corrected chi connectivity index (χ0v) is 12.5. The van der Waals surface area contributed by atoms with Gasteiger partial charge in [-0.2, -0.15) is 26.3 Å². The van der Waals surface area contributed by atoms with Gasteiger partial charge in [0.15, 0.2) is 0 Å². The number of benzene rings is 1. The standard InChI is InChI=1S/C15H9F6NOS/c16-14(17,18)9-3-1-4-10(7-9)22-11(12-5-2-6-24-12)8-13(23)15(19,20)21/h1-8,22H. The molecule has 0 atom stereocenters. The Labute approximate surface area is 136 Å². The summed E-state index contributed by atoms with van der Waals surface area (Å²) in [5, 5.41) is 4.01. The Hall–Kier alpha value is -2.29. The van der Waals surface area contributed by atoms with Crippen LogP contribution < -0.4 is 5.32 Å². The van der Waals surface area contributed by atoms with Gasteiger partial charge in [-0.1, -0.05) is 12.1 Å². The van der Waals surface area contributed by atoms with Gasteiger partial charge in [0.2, 0.25) is 0 Å². The molecule has 1 aromatic heterocycles. The second-order valence-electron chi connectivity index (χ2n) is 4.60. The molecular weight excluding hydrogens is 356 g/mol. The molecule has 1 aromatic carbocycles. The van der Waals surface area contributed by atoms with Crippen molar-refractivity contribution in [3.63, 3.8) is 0 Å². The summed E-state index contributed by atoms with van der Waals surface area (Å²) in [5.74, 6) is -2.11. The average molecular weight is 365 g/mol. The SMILES string of the molecule is O=C(C=C(Nc1cccc(C(F)(F)F)c1)c1cccs1)C(F)(F)F. The maximum absolute atomic E-state index is 12.7. The second kappa shape index (κ2) is 6.68. The summed E-state index contributed by atoms with van der Waals surface area (Å²) in [6.45, 7) is 0. The fraction of sp³-hybridized carbons (Fsp3) is 0.133. The molecule has 2 aromatic rings. The normalized spacial score (nSPS) is 13.0. The van der Waals surface area contributed by atoms with Crippen molar-refractivity contribution < 1.29 is 31.1 Å². The lowest BCUT2D eigenvalue weighted by Crippen LogP contribution is -2.21. The molecule has 2 nitrogen and oxygen atoms in total. The third kappa shape index (κ3) is 4.60. The minimum Gasteiger partial charge on any atom is -0.354 e. The lowest BCUT2D eigenvalue weighted by Gasteiger charge is -2.13. The smallest absolute Gasteiger partial charge is 0.354 e. The molecule has 0 unspecified atom stereocenters. The highest BCUT2D eigenvalue weighted by Gasteiger charge is 2.37. The maximum Gasteiger partial charge on any atom is 0.454 e. The van der Waals surface area contributed by atoms with Gasteiger partial charge in [0.1, 0.15) is 0 Å².